The second kappa shape index (κ2) is 6.68. The van der Waals surface area contributed by atoms with E-state index in [1.165, 1.54) is 0 Å². The van der Waals surface area contributed by atoms with E-state index in [-0.39, 0.29) is 18.2 Å². The summed E-state index contributed by atoms with van der Waals surface area (Å²) in [6.45, 7) is 0.480. The lowest BCUT2D eigenvalue weighted by molar-refractivity contribution is -0.234. The van der Waals surface area contributed by atoms with E-state index < -0.39 is 11.8 Å². The van der Waals surface area contributed by atoms with Crippen LogP contribution in [0.3, 0.4) is 0 Å². The maximum Gasteiger partial charge on any atom is 0.252 e. The molecule has 7 heteroatoms. The third-order valence-corrected chi connectivity index (χ3v) is 8.49. The van der Waals surface area contributed by atoms with Gasteiger partial charge in [-0.05, 0) is 30.7 Å². The number of fused-ring (bicyclic) bond motifs is 13. The minimum Gasteiger partial charge on any atom is -0.374 e. The van der Waals surface area contributed by atoms with Gasteiger partial charge in [-0.15, -0.1) is 6.42 Å². The zero-order valence-corrected chi connectivity index (χ0v) is 20.0. The summed E-state index contributed by atoms with van der Waals surface area (Å²) in [5.41, 5.74) is 4.57. The average molecular weight is 477 g/mol. The van der Waals surface area contributed by atoms with Gasteiger partial charge < -0.3 is 24.7 Å². The molecule has 8 rings (SSSR count). The Morgan fingerprint density at radius 1 is 1.11 bits per heavy atom. The SMILES string of the molecule is C#C[C@]12O[C@H](C[C@@H](NC)[C@H]1OC)n1c3ccccc3c3c4c(c5c6ccccc6n2c5c31)CNC4=O. The second-order valence-corrected chi connectivity index (χ2v) is 9.92. The molecule has 5 aromatic rings. The molecule has 0 radical (unpaired) electrons. The molecule has 178 valence electrons. The highest BCUT2D eigenvalue weighted by Crippen LogP contribution is 2.53. The number of amides is 1. The lowest BCUT2D eigenvalue weighted by atomic mass is 9.92. The van der Waals surface area contributed by atoms with E-state index in [0.717, 1.165) is 54.7 Å². The number of carbonyl (C=O) groups is 1. The molecule has 1 saturated heterocycles. The number of nitrogens with zero attached hydrogens (tertiary/aromatic N) is 2. The molecule has 0 aliphatic carbocycles. The van der Waals surface area contributed by atoms with Crippen LogP contribution in [0.5, 0.6) is 0 Å². The van der Waals surface area contributed by atoms with E-state index in [2.05, 4.69) is 50.0 Å². The van der Waals surface area contributed by atoms with Gasteiger partial charge in [-0.2, -0.15) is 0 Å². The van der Waals surface area contributed by atoms with Gasteiger partial charge >= 0.3 is 0 Å². The van der Waals surface area contributed by atoms with Gasteiger partial charge in [-0.25, -0.2) is 0 Å². The van der Waals surface area contributed by atoms with Crippen LogP contribution in [0.1, 0.15) is 28.6 Å². The van der Waals surface area contributed by atoms with Crippen molar-refractivity contribution in [3.05, 3.63) is 59.7 Å². The predicted octanol–water partition coefficient (Wildman–Crippen LogP) is 3.97. The Bertz CT molecular complexity index is 1840. The zero-order chi connectivity index (χ0) is 24.3. The van der Waals surface area contributed by atoms with Crippen molar-refractivity contribution >= 4 is 49.5 Å². The maximum absolute atomic E-state index is 13.3. The molecule has 1 amide bonds. The summed E-state index contributed by atoms with van der Waals surface area (Å²) >= 11 is 0. The Morgan fingerprint density at radius 3 is 2.56 bits per heavy atom. The molecule has 3 aliphatic rings. The third-order valence-electron chi connectivity index (χ3n) is 8.49. The highest BCUT2D eigenvalue weighted by molar-refractivity contribution is 6.31. The van der Waals surface area contributed by atoms with E-state index in [1.54, 1.807) is 7.11 Å². The Hall–Kier alpha value is -3.83. The summed E-state index contributed by atoms with van der Waals surface area (Å²) in [5.74, 6) is 3.03. The lowest BCUT2D eigenvalue weighted by Crippen LogP contribution is -2.60. The van der Waals surface area contributed by atoms with Gasteiger partial charge in [0, 0.05) is 47.7 Å². The molecule has 1 fully saturated rings. The average Bonchev–Trinajstić information content (AvgIpc) is 3.55. The van der Waals surface area contributed by atoms with Crippen LogP contribution in [-0.4, -0.2) is 41.3 Å². The molecule has 3 aromatic carbocycles. The number of methoxy groups -OCH3 is 1. The van der Waals surface area contributed by atoms with Crippen molar-refractivity contribution < 1.29 is 14.3 Å². The summed E-state index contributed by atoms with van der Waals surface area (Å²) in [7, 11) is 3.64. The predicted molar refractivity (Wildman–Crippen MR) is 139 cm³/mol. The fourth-order valence-electron chi connectivity index (χ4n) is 7.17. The first-order chi connectivity index (χ1) is 17.6. The smallest absolute Gasteiger partial charge is 0.252 e. The van der Waals surface area contributed by atoms with Crippen LogP contribution in [0.15, 0.2) is 48.5 Å². The molecular weight excluding hydrogens is 452 g/mol. The van der Waals surface area contributed by atoms with Gasteiger partial charge in [0.15, 0.2) is 0 Å². The van der Waals surface area contributed by atoms with E-state index >= 15 is 0 Å². The first kappa shape index (κ1) is 20.4. The summed E-state index contributed by atoms with van der Waals surface area (Å²) in [4.78, 5) is 13.3. The maximum atomic E-state index is 13.3. The van der Waals surface area contributed by atoms with Crippen LogP contribution in [0.2, 0.25) is 0 Å². The monoisotopic (exact) mass is 476 g/mol. The van der Waals surface area contributed by atoms with Gasteiger partial charge in [0.05, 0.1) is 27.6 Å². The molecule has 0 saturated carbocycles. The van der Waals surface area contributed by atoms with Gasteiger partial charge in [0.1, 0.15) is 12.3 Å². The molecule has 2 aromatic heterocycles. The summed E-state index contributed by atoms with van der Waals surface area (Å²) in [6.07, 6.45) is 6.31. The van der Waals surface area contributed by atoms with E-state index in [4.69, 9.17) is 15.9 Å². The number of para-hydroxylation sites is 2. The standard InChI is InChI=1S/C29H24N4O3/c1-4-29-27(35-3)18(30-2)13-21(36-29)32-19-11-7-5-9-15(19)23-24-17(14-31-28(24)34)22-16-10-6-8-12-20(16)33(29)26(22)25(23)32/h1,5-12,18,21,27,30H,13-14H2,2-3H3,(H,31,34)/t18-,21-,27-,29+/m1/s1. The molecule has 36 heavy (non-hydrogen) atoms. The summed E-state index contributed by atoms with van der Waals surface area (Å²) in [5, 5.41) is 10.7. The number of terminal acetylenes is 1. The number of rotatable bonds is 2. The van der Waals surface area contributed by atoms with Gasteiger partial charge in [-0.1, -0.05) is 36.4 Å². The van der Waals surface area contributed by atoms with Gasteiger partial charge in [0.2, 0.25) is 5.72 Å². The minimum absolute atomic E-state index is 0.0331. The van der Waals surface area contributed by atoms with Crippen LogP contribution < -0.4 is 10.6 Å². The molecule has 0 spiro atoms. The Kier molecular flexibility index (Phi) is 3.78. The highest BCUT2D eigenvalue weighted by Gasteiger charge is 2.55. The highest BCUT2D eigenvalue weighted by atomic mass is 16.6. The molecule has 5 heterocycles. The fourth-order valence-corrected chi connectivity index (χ4v) is 7.17. The molecule has 3 aliphatic heterocycles. The zero-order valence-electron chi connectivity index (χ0n) is 20.0. The van der Waals surface area contributed by atoms with Crippen molar-refractivity contribution in [2.45, 2.75) is 37.1 Å². The minimum atomic E-state index is -1.19. The number of likely N-dealkylation sites (N-methyl/N-ethyl adjacent to an activating group) is 1. The molecule has 0 unspecified atom stereocenters. The quantitative estimate of drug-likeness (QED) is 0.379. The van der Waals surface area contributed by atoms with Crippen molar-refractivity contribution in [3.8, 4) is 12.3 Å². The van der Waals surface area contributed by atoms with Crippen molar-refractivity contribution in [2.75, 3.05) is 14.2 Å². The van der Waals surface area contributed by atoms with Crippen LogP contribution in [0, 0.1) is 12.3 Å². The van der Waals surface area contributed by atoms with Crippen LogP contribution in [0.25, 0.3) is 43.6 Å². The van der Waals surface area contributed by atoms with Crippen molar-refractivity contribution in [1.82, 2.24) is 19.8 Å². The number of hydrogen-bond donors (Lipinski definition) is 2. The number of hydrogen-bond acceptors (Lipinski definition) is 4. The van der Waals surface area contributed by atoms with E-state index in [0.29, 0.717) is 13.0 Å². The Balaban J connectivity index is 1.74. The molecule has 7 nitrogen and oxygen atoms in total. The van der Waals surface area contributed by atoms with Crippen LogP contribution in [0.4, 0.5) is 0 Å². The van der Waals surface area contributed by atoms with Crippen molar-refractivity contribution in [3.63, 3.8) is 0 Å². The fraction of sp³-hybridized carbons (Fsp3) is 0.276. The number of ether oxygens (including phenoxy) is 2. The molecule has 2 bridgehead atoms. The van der Waals surface area contributed by atoms with Gasteiger partial charge in [0.25, 0.3) is 5.91 Å². The molecule has 2 N–H and O–H groups in total. The molecular formula is C29H24N4O3. The van der Waals surface area contributed by atoms with E-state index in [9.17, 15) is 4.79 Å². The first-order valence-corrected chi connectivity index (χ1v) is 12.3. The Labute approximate surface area is 206 Å². The second-order valence-electron chi connectivity index (χ2n) is 9.92. The number of aromatic nitrogens is 2. The topological polar surface area (TPSA) is 69.5 Å². The number of nitrogens with one attached hydrogen (secondary N) is 2. The number of carbonyl (C=O) groups excluding carboxylic acids is 1. The van der Waals surface area contributed by atoms with Crippen LogP contribution >= 0.6 is 0 Å². The largest absolute Gasteiger partial charge is 0.374 e. The first-order valence-electron chi connectivity index (χ1n) is 12.3. The van der Waals surface area contributed by atoms with Crippen molar-refractivity contribution in [2.24, 2.45) is 0 Å². The molecule has 4 atom stereocenters. The van der Waals surface area contributed by atoms with E-state index in [1.807, 2.05) is 31.3 Å². The lowest BCUT2D eigenvalue weighted by Gasteiger charge is -2.47. The third kappa shape index (κ3) is 2.08. The Morgan fingerprint density at radius 2 is 1.83 bits per heavy atom. The normalized spacial score (nSPS) is 26.6. The summed E-state index contributed by atoms with van der Waals surface area (Å²) < 4.78 is 17.6. The summed E-state index contributed by atoms with van der Waals surface area (Å²) in [6, 6.07) is 16.5. The van der Waals surface area contributed by atoms with Crippen molar-refractivity contribution in [1.29, 1.82) is 0 Å². The number of benzene rings is 3. The van der Waals surface area contributed by atoms with Crippen LogP contribution in [-0.2, 0) is 21.7 Å². The van der Waals surface area contributed by atoms with Gasteiger partial charge in [-0.3, -0.25) is 9.36 Å².